The fourth-order valence-electron chi connectivity index (χ4n) is 2.88. The summed E-state index contributed by atoms with van der Waals surface area (Å²) in [5, 5.41) is 3.29. The van der Waals surface area contributed by atoms with Crippen molar-refractivity contribution in [2.24, 2.45) is 0 Å². The first-order valence-electron chi connectivity index (χ1n) is 9.04. The van der Waals surface area contributed by atoms with Crippen LogP contribution in [0.4, 0.5) is 11.8 Å². The number of nitrogens with two attached hydrogens (primary N) is 1. The predicted octanol–water partition coefficient (Wildman–Crippen LogP) is 3.64. The number of nitrogens with one attached hydrogen (secondary N) is 1. The van der Waals surface area contributed by atoms with E-state index < -0.39 is 0 Å². The molecule has 2 heterocycles. The van der Waals surface area contributed by atoms with Crippen LogP contribution in [-0.4, -0.2) is 26.1 Å². The molecule has 0 amide bonds. The summed E-state index contributed by atoms with van der Waals surface area (Å²) in [5.41, 5.74) is 8.90. The third-order valence-electron chi connectivity index (χ3n) is 4.26. The average Bonchev–Trinajstić information content (AvgIpc) is 3.04. The summed E-state index contributed by atoms with van der Waals surface area (Å²) in [7, 11) is 0. The van der Waals surface area contributed by atoms with Crippen LogP contribution in [0.25, 0.3) is 11.2 Å². The van der Waals surface area contributed by atoms with Crippen LogP contribution in [-0.2, 0) is 13.0 Å². The van der Waals surface area contributed by atoms with Gasteiger partial charge in [-0.15, -0.1) is 0 Å². The Morgan fingerprint density at radius 2 is 1.92 bits per heavy atom. The number of imidazole rings is 1. The summed E-state index contributed by atoms with van der Waals surface area (Å²) in [5.74, 6) is 1.01. The summed E-state index contributed by atoms with van der Waals surface area (Å²) in [6.07, 6.45) is 7.36. The van der Waals surface area contributed by atoms with Crippen molar-refractivity contribution in [3.8, 4) is 0 Å². The number of aromatic nitrogens is 4. The smallest absolute Gasteiger partial charge is 0.226 e. The molecule has 0 aliphatic carbocycles. The highest BCUT2D eigenvalue weighted by Crippen LogP contribution is 2.19. The Bertz CT molecular complexity index is 796. The minimum Gasteiger partial charge on any atom is -0.382 e. The third-order valence-corrected chi connectivity index (χ3v) is 4.26. The van der Waals surface area contributed by atoms with Gasteiger partial charge in [0, 0.05) is 13.1 Å². The fourth-order valence-corrected chi connectivity index (χ4v) is 2.88. The van der Waals surface area contributed by atoms with E-state index in [1.54, 1.807) is 0 Å². The molecule has 0 aliphatic rings. The van der Waals surface area contributed by atoms with Gasteiger partial charge in [0.25, 0.3) is 0 Å². The number of hydrogen-bond acceptors (Lipinski definition) is 5. The molecule has 0 fully saturated rings. The van der Waals surface area contributed by atoms with E-state index in [2.05, 4.69) is 56.0 Å². The molecule has 2 aromatic heterocycles. The summed E-state index contributed by atoms with van der Waals surface area (Å²) < 4.78 is 2.07. The highest BCUT2D eigenvalue weighted by atomic mass is 15.2. The van der Waals surface area contributed by atoms with E-state index in [-0.39, 0.29) is 0 Å². The quantitative estimate of drug-likeness (QED) is 0.582. The van der Waals surface area contributed by atoms with Crippen molar-refractivity contribution in [3.63, 3.8) is 0 Å². The van der Waals surface area contributed by atoms with E-state index in [1.807, 2.05) is 12.4 Å². The Labute approximate surface area is 148 Å². The first kappa shape index (κ1) is 17.2. The van der Waals surface area contributed by atoms with Gasteiger partial charge in [0.05, 0.1) is 6.33 Å². The van der Waals surface area contributed by atoms with Crippen molar-refractivity contribution in [1.29, 1.82) is 0 Å². The van der Waals surface area contributed by atoms with Crippen LogP contribution in [0, 0.1) is 0 Å². The second-order valence-corrected chi connectivity index (χ2v) is 6.27. The predicted molar refractivity (Wildman–Crippen MR) is 103 cm³/mol. The molecule has 1 aromatic carbocycles. The molecule has 0 saturated carbocycles. The SMILES string of the molecule is CCCCCn1cnc2c(N)nc(NCCCc3ccccc3)nc21. The maximum atomic E-state index is 6.05. The number of hydrogen-bond donors (Lipinski definition) is 2. The van der Waals surface area contributed by atoms with Gasteiger partial charge in [0.15, 0.2) is 11.5 Å². The van der Waals surface area contributed by atoms with Gasteiger partial charge in [-0.2, -0.15) is 9.97 Å². The van der Waals surface area contributed by atoms with Gasteiger partial charge in [-0.3, -0.25) is 0 Å². The molecule has 3 aromatic rings. The number of fused-ring (bicyclic) bond motifs is 1. The monoisotopic (exact) mass is 338 g/mol. The Balaban J connectivity index is 1.62. The molecule has 132 valence electrons. The number of nitrogen functional groups attached to an aromatic ring is 1. The zero-order valence-corrected chi connectivity index (χ0v) is 14.8. The first-order chi connectivity index (χ1) is 12.3. The van der Waals surface area contributed by atoms with Crippen LogP contribution in [0.3, 0.4) is 0 Å². The number of nitrogens with zero attached hydrogens (tertiary/aromatic N) is 4. The summed E-state index contributed by atoms with van der Waals surface area (Å²) in [6, 6.07) is 10.5. The Morgan fingerprint density at radius 3 is 2.72 bits per heavy atom. The molecular weight excluding hydrogens is 312 g/mol. The van der Waals surface area contributed by atoms with Gasteiger partial charge >= 0.3 is 0 Å². The third kappa shape index (κ3) is 4.47. The highest BCUT2D eigenvalue weighted by molar-refractivity contribution is 5.82. The normalized spacial score (nSPS) is 11.1. The van der Waals surface area contributed by atoms with E-state index in [4.69, 9.17) is 5.73 Å². The summed E-state index contributed by atoms with van der Waals surface area (Å²) in [6.45, 7) is 3.92. The molecule has 25 heavy (non-hydrogen) atoms. The minimum atomic E-state index is 0.435. The molecule has 0 unspecified atom stereocenters. The number of anilines is 2. The zero-order valence-electron chi connectivity index (χ0n) is 14.8. The van der Waals surface area contributed by atoms with Crippen LogP contribution in [0.15, 0.2) is 36.7 Å². The average molecular weight is 338 g/mol. The number of unbranched alkanes of at least 4 members (excludes halogenated alkanes) is 2. The number of benzene rings is 1. The minimum absolute atomic E-state index is 0.435. The first-order valence-corrected chi connectivity index (χ1v) is 9.04. The lowest BCUT2D eigenvalue weighted by atomic mass is 10.1. The molecule has 3 rings (SSSR count). The Morgan fingerprint density at radius 1 is 1.08 bits per heavy atom. The van der Waals surface area contributed by atoms with Crippen molar-refractivity contribution in [2.75, 3.05) is 17.6 Å². The lowest BCUT2D eigenvalue weighted by Gasteiger charge is -2.08. The molecule has 0 radical (unpaired) electrons. The van der Waals surface area contributed by atoms with E-state index in [1.165, 1.54) is 18.4 Å². The molecule has 6 heteroatoms. The van der Waals surface area contributed by atoms with Gasteiger partial charge in [-0.1, -0.05) is 50.1 Å². The van der Waals surface area contributed by atoms with Gasteiger partial charge in [-0.05, 0) is 24.8 Å². The van der Waals surface area contributed by atoms with Crippen LogP contribution >= 0.6 is 0 Å². The van der Waals surface area contributed by atoms with Crippen LogP contribution in [0.2, 0.25) is 0 Å². The topological polar surface area (TPSA) is 81.7 Å². The molecule has 3 N–H and O–H groups in total. The van der Waals surface area contributed by atoms with Gasteiger partial charge < -0.3 is 15.6 Å². The molecule has 6 nitrogen and oxygen atoms in total. The molecule has 0 saturated heterocycles. The fraction of sp³-hybridized carbons (Fsp3) is 0.421. The summed E-state index contributed by atoms with van der Waals surface area (Å²) >= 11 is 0. The lowest BCUT2D eigenvalue weighted by Crippen LogP contribution is -2.09. The van der Waals surface area contributed by atoms with Crippen LogP contribution < -0.4 is 11.1 Å². The maximum Gasteiger partial charge on any atom is 0.226 e. The van der Waals surface area contributed by atoms with Crippen molar-refractivity contribution in [3.05, 3.63) is 42.2 Å². The maximum absolute atomic E-state index is 6.05. The Kier molecular flexibility index (Phi) is 5.82. The van der Waals surface area contributed by atoms with Gasteiger partial charge in [0.2, 0.25) is 5.95 Å². The van der Waals surface area contributed by atoms with E-state index >= 15 is 0 Å². The van der Waals surface area contributed by atoms with Gasteiger partial charge in [-0.25, -0.2) is 4.98 Å². The van der Waals surface area contributed by atoms with Crippen molar-refractivity contribution < 1.29 is 0 Å². The number of aryl methyl sites for hydroxylation is 2. The van der Waals surface area contributed by atoms with Gasteiger partial charge in [0.1, 0.15) is 5.52 Å². The molecular formula is C19H26N6. The molecule has 0 bridgehead atoms. The van der Waals surface area contributed by atoms with Crippen LogP contribution in [0.5, 0.6) is 0 Å². The zero-order chi connectivity index (χ0) is 17.5. The van der Waals surface area contributed by atoms with Crippen molar-refractivity contribution in [1.82, 2.24) is 19.5 Å². The second-order valence-electron chi connectivity index (χ2n) is 6.27. The lowest BCUT2D eigenvalue weighted by molar-refractivity contribution is 0.610. The molecule has 0 atom stereocenters. The largest absolute Gasteiger partial charge is 0.382 e. The number of rotatable bonds is 9. The van der Waals surface area contributed by atoms with Crippen LogP contribution in [0.1, 0.15) is 38.2 Å². The van der Waals surface area contributed by atoms with E-state index in [0.717, 1.165) is 38.0 Å². The van der Waals surface area contributed by atoms with E-state index in [9.17, 15) is 0 Å². The highest BCUT2D eigenvalue weighted by Gasteiger charge is 2.11. The van der Waals surface area contributed by atoms with Crippen molar-refractivity contribution >= 4 is 22.9 Å². The van der Waals surface area contributed by atoms with E-state index in [0.29, 0.717) is 17.3 Å². The molecule has 0 spiro atoms. The van der Waals surface area contributed by atoms with Crippen molar-refractivity contribution in [2.45, 2.75) is 45.6 Å². The second kappa shape index (κ2) is 8.46. The Hall–Kier alpha value is -2.63. The summed E-state index contributed by atoms with van der Waals surface area (Å²) in [4.78, 5) is 13.3. The standard InChI is InChI=1S/C19H26N6/c1-2-3-7-13-25-14-22-16-17(20)23-19(24-18(16)25)21-12-8-11-15-9-5-4-6-10-15/h4-6,9-10,14H,2-3,7-8,11-13H2,1H3,(H3,20,21,23,24). The molecule has 0 aliphatic heterocycles.